The number of nitro benzene ring substituents is 1. The second-order valence-corrected chi connectivity index (χ2v) is 7.60. The van der Waals surface area contributed by atoms with Crippen LogP contribution in [0.5, 0.6) is 5.75 Å². The van der Waals surface area contributed by atoms with Crippen molar-refractivity contribution in [1.82, 2.24) is 4.98 Å². The first-order valence-corrected chi connectivity index (χ1v) is 9.91. The number of aromatic nitrogens is 1. The van der Waals surface area contributed by atoms with E-state index in [1.54, 1.807) is 10.3 Å². The Morgan fingerprint density at radius 3 is 2.72 bits per heavy atom. The van der Waals surface area contributed by atoms with E-state index in [4.69, 9.17) is 16.3 Å². The minimum Gasteiger partial charge on any atom is -0.486 e. The number of ether oxygens (including phenoxy) is 1. The van der Waals surface area contributed by atoms with Gasteiger partial charge in [0.1, 0.15) is 12.4 Å². The number of nitro groups is 1. The van der Waals surface area contributed by atoms with Crippen molar-refractivity contribution in [2.75, 3.05) is 4.90 Å². The van der Waals surface area contributed by atoms with Crippen molar-refractivity contribution in [2.45, 2.75) is 27.4 Å². The molecule has 0 aliphatic rings. The monoisotopic (exact) mass is 431 g/mol. The quantitative estimate of drug-likeness (QED) is 0.375. The second kappa shape index (κ2) is 8.59. The zero-order valence-corrected chi connectivity index (χ0v) is 17.6. The van der Waals surface area contributed by atoms with Crippen LogP contribution in [0, 0.1) is 24.0 Å². The van der Waals surface area contributed by atoms with Gasteiger partial charge in [-0.1, -0.05) is 23.7 Å². The Labute approximate surface area is 176 Å². The molecule has 0 saturated carbocycles. The van der Waals surface area contributed by atoms with E-state index in [0.29, 0.717) is 16.6 Å². The molecule has 0 fully saturated rings. The standard InChI is InChI=1S/C20H18ClN3O4S/c1-12-5-4-6-18(13(12)2)23(14(3)25)20-22-15(11-29-20)10-28-19-8-7-16(24(26)27)9-17(19)21/h4-9,11H,10H2,1-3H3. The smallest absolute Gasteiger partial charge is 0.271 e. The molecule has 0 radical (unpaired) electrons. The first kappa shape index (κ1) is 20.8. The number of halogens is 1. The molecule has 0 bridgehead atoms. The number of hydrogen-bond donors (Lipinski definition) is 0. The van der Waals surface area contributed by atoms with E-state index in [1.807, 2.05) is 32.0 Å². The predicted octanol–water partition coefficient (Wildman–Crippen LogP) is 5.59. The lowest BCUT2D eigenvalue weighted by Crippen LogP contribution is -2.23. The van der Waals surface area contributed by atoms with Crippen LogP contribution in [0.15, 0.2) is 41.8 Å². The summed E-state index contributed by atoms with van der Waals surface area (Å²) in [5.41, 5.74) is 3.40. The maximum atomic E-state index is 12.3. The SMILES string of the molecule is CC(=O)N(c1nc(COc2ccc([N+](=O)[O-])cc2Cl)cs1)c1cccc(C)c1C. The first-order chi connectivity index (χ1) is 13.8. The normalized spacial score (nSPS) is 10.6. The molecule has 3 aromatic rings. The van der Waals surface area contributed by atoms with E-state index >= 15 is 0 Å². The van der Waals surface area contributed by atoms with Crippen molar-refractivity contribution in [3.63, 3.8) is 0 Å². The number of rotatable bonds is 6. The fraction of sp³-hybridized carbons (Fsp3) is 0.200. The number of carbonyl (C=O) groups excluding carboxylic acids is 1. The van der Waals surface area contributed by atoms with E-state index in [2.05, 4.69) is 4.98 Å². The van der Waals surface area contributed by atoms with Crippen LogP contribution in [0.25, 0.3) is 0 Å². The van der Waals surface area contributed by atoms with Crippen molar-refractivity contribution in [3.8, 4) is 5.75 Å². The summed E-state index contributed by atoms with van der Waals surface area (Å²) in [6.07, 6.45) is 0. The summed E-state index contributed by atoms with van der Waals surface area (Å²) in [7, 11) is 0. The van der Waals surface area contributed by atoms with E-state index in [0.717, 1.165) is 16.8 Å². The molecular formula is C20H18ClN3O4S. The molecule has 1 amide bonds. The summed E-state index contributed by atoms with van der Waals surface area (Å²) >= 11 is 7.38. The molecule has 1 heterocycles. The van der Waals surface area contributed by atoms with Crippen molar-refractivity contribution < 1.29 is 14.5 Å². The van der Waals surface area contributed by atoms with Crippen molar-refractivity contribution >= 4 is 45.4 Å². The minimum atomic E-state index is -0.522. The summed E-state index contributed by atoms with van der Waals surface area (Å²) in [6.45, 7) is 5.57. The highest BCUT2D eigenvalue weighted by atomic mass is 35.5. The van der Waals surface area contributed by atoms with Crippen LogP contribution in [0.4, 0.5) is 16.5 Å². The van der Waals surface area contributed by atoms with Crippen LogP contribution in [-0.4, -0.2) is 15.8 Å². The number of non-ortho nitro benzene ring substituents is 1. The molecule has 0 atom stereocenters. The number of hydrogen-bond acceptors (Lipinski definition) is 6. The molecule has 7 nitrogen and oxygen atoms in total. The molecule has 1 aromatic heterocycles. The Kier molecular flexibility index (Phi) is 6.14. The zero-order valence-electron chi connectivity index (χ0n) is 16.0. The van der Waals surface area contributed by atoms with E-state index in [-0.39, 0.29) is 23.2 Å². The summed E-state index contributed by atoms with van der Waals surface area (Å²) in [5.74, 6) is 0.184. The van der Waals surface area contributed by atoms with Gasteiger partial charge in [-0.3, -0.25) is 19.8 Å². The van der Waals surface area contributed by atoms with Crippen LogP contribution < -0.4 is 9.64 Å². The molecule has 0 aliphatic heterocycles. The van der Waals surface area contributed by atoms with E-state index < -0.39 is 4.92 Å². The van der Waals surface area contributed by atoms with Gasteiger partial charge >= 0.3 is 0 Å². The number of carbonyl (C=O) groups is 1. The lowest BCUT2D eigenvalue weighted by molar-refractivity contribution is -0.384. The second-order valence-electron chi connectivity index (χ2n) is 6.36. The average Bonchev–Trinajstić information content (AvgIpc) is 3.12. The Balaban J connectivity index is 1.80. The summed E-state index contributed by atoms with van der Waals surface area (Å²) in [5, 5.41) is 13.3. The van der Waals surface area contributed by atoms with Gasteiger partial charge in [0.2, 0.25) is 5.91 Å². The number of nitrogens with zero attached hydrogens (tertiary/aromatic N) is 3. The minimum absolute atomic E-state index is 0.107. The molecule has 9 heteroatoms. The third-order valence-electron chi connectivity index (χ3n) is 4.36. The molecule has 3 rings (SSSR count). The molecule has 0 N–H and O–H groups in total. The van der Waals surface area contributed by atoms with Crippen molar-refractivity contribution in [2.24, 2.45) is 0 Å². The molecule has 0 spiro atoms. The van der Waals surface area contributed by atoms with E-state index in [9.17, 15) is 14.9 Å². The first-order valence-electron chi connectivity index (χ1n) is 8.66. The van der Waals surface area contributed by atoms with Gasteiger partial charge in [-0.15, -0.1) is 11.3 Å². The molecule has 150 valence electrons. The fourth-order valence-electron chi connectivity index (χ4n) is 2.72. The number of aryl methyl sites for hydroxylation is 1. The maximum absolute atomic E-state index is 12.3. The molecule has 0 unspecified atom stereocenters. The number of benzene rings is 2. The van der Waals surface area contributed by atoms with Gasteiger partial charge < -0.3 is 4.74 Å². The van der Waals surface area contributed by atoms with Crippen LogP contribution in [-0.2, 0) is 11.4 Å². The van der Waals surface area contributed by atoms with Crippen LogP contribution in [0.1, 0.15) is 23.7 Å². The van der Waals surface area contributed by atoms with Gasteiger partial charge in [0.25, 0.3) is 5.69 Å². The third-order valence-corrected chi connectivity index (χ3v) is 5.53. The summed E-state index contributed by atoms with van der Waals surface area (Å²) in [4.78, 5) is 28.7. The van der Waals surface area contributed by atoms with E-state index in [1.165, 1.54) is 36.5 Å². The Morgan fingerprint density at radius 2 is 2.07 bits per heavy atom. The number of anilines is 2. The molecule has 0 saturated heterocycles. The molecule has 29 heavy (non-hydrogen) atoms. The van der Waals surface area contributed by atoms with Crippen molar-refractivity contribution in [1.29, 1.82) is 0 Å². The van der Waals surface area contributed by atoms with Gasteiger partial charge in [-0.05, 0) is 37.1 Å². The van der Waals surface area contributed by atoms with Crippen LogP contribution >= 0.6 is 22.9 Å². The lowest BCUT2D eigenvalue weighted by Gasteiger charge is -2.21. The third kappa shape index (κ3) is 4.55. The summed E-state index contributed by atoms with van der Waals surface area (Å²) in [6, 6.07) is 9.80. The lowest BCUT2D eigenvalue weighted by atomic mass is 10.1. The van der Waals surface area contributed by atoms with Gasteiger partial charge in [0.15, 0.2) is 5.13 Å². The molecule has 2 aromatic carbocycles. The largest absolute Gasteiger partial charge is 0.486 e. The zero-order chi connectivity index (χ0) is 21.1. The number of amides is 1. The Bertz CT molecular complexity index is 1080. The van der Waals surface area contributed by atoms with Gasteiger partial charge in [0.05, 0.1) is 21.3 Å². The Morgan fingerprint density at radius 1 is 1.31 bits per heavy atom. The highest BCUT2D eigenvalue weighted by Gasteiger charge is 2.20. The Hall–Kier alpha value is -2.97. The van der Waals surface area contributed by atoms with Gasteiger partial charge in [0, 0.05) is 24.4 Å². The van der Waals surface area contributed by atoms with Crippen LogP contribution in [0.3, 0.4) is 0 Å². The van der Waals surface area contributed by atoms with Gasteiger partial charge in [-0.25, -0.2) is 4.98 Å². The predicted molar refractivity (Wildman–Crippen MR) is 113 cm³/mol. The van der Waals surface area contributed by atoms with Crippen LogP contribution in [0.2, 0.25) is 5.02 Å². The highest BCUT2D eigenvalue weighted by molar-refractivity contribution is 7.14. The topological polar surface area (TPSA) is 85.6 Å². The fourth-order valence-corrected chi connectivity index (χ4v) is 3.82. The van der Waals surface area contributed by atoms with Crippen molar-refractivity contribution in [3.05, 3.63) is 73.7 Å². The molecule has 0 aliphatic carbocycles. The molecular weight excluding hydrogens is 414 g/mol. The average molecular weight is 432 g/mol. The number of thiazole rings is 1. The van der Waals surface area contributed by atoms with Gasteiger partial charge in [-0.2, -0.15) is 0 Å². The summed E-state index contributed by atoms with van der Waals surface area (Å²) < 4.78 is 5.65. The maximum Gasteiger partial charge on any atom is 0.271 e. The highest BCUT2D eigenvalue weighted by Crippen LogP contribution is 2.33.